The van der Waals surface area contributed by atoms with Gasteiger partial charge in [-0.05, 0) is 50.1 Å². The summed E-state index contributed by atoms with van der Waals surface area (Å²) in [6, 6.07) is 9.45. The molecule has 0 saturated carbocycles. The number of rotatable bonds is 7. The van der Waals surface area contributed by atoms with Crippen LogP contribution in [0.3, 0.4) is 0 Å². The van der Waals surface area contributed by atoms with E-state index in [1.54, 1.807) is 6.92 Å². The number of anilines is 1. The predicted octanol–water partition coefficient (Wildman–Crippen LogP) is 4.72. The van der Waals surface area contributed by atoms with Crippen molar-refractivity contribution in [1.29, 1.82) is 0 Å². The summed E-state index contributed by atoms with van der Waals surface area (Å²) >= 11 is 1.36. The van der Waals surface area contributed by atoms with Gasteiger partial charge < -0.3 is 10.1 Å². The Balaban J connectivity index is 1.81. The molecular weight excluding hydrogens is 344 g/mol. The molecule has 1 unspecified atom stereocenters. The fourth-order valence-corrected chi connectivity index (χ4v) is 2.90. The molecule has 2 aromatic rings. The standard InChI is InChI=1S/C19H21F2NO2S/c1-12-7-8-13(2)17(11-12)24-9-10-25-14(3)19(23)22-18-15(20)5-4-6-16(18)21/h4-8,11,14H,9-10H2,1-3H3,(H,22,23). The van der Waals surface area contributed by atoms with Crippen molar-refractivity contribution < 1.29 is 18.3 Å². The predicted molar refractivity (Wildman–Crippen MR) is 98.3 cm³/mol. The van der Waals surface area contributed by atoms with E-state index in [-0.39, 0.29) is 0 Å². The molecule has 25 heavy (non-hydrogen) atoms. The zero-order valence-electron chi connectivity index (χ0n) is 14.4. The molecule has 0 bridgehead atoms. The first kappa shape index (κ1) is 19.2. The van der Waals surface area contributed by atoms with Gasteiger partial charge in [0.05, 0.1) is 11.9 Å². The first-order valence-electron chi connectivity index (χ1n) is 7.95. The molecule has 3 nitrogen and oxygen atoms in total. The molecular formula is C19H21F2NO2S. The Hall–Kier alpha value is -2.08. The average Bonchev–Trinajstić information content (AvgIpc) is 2.57. The van der Waals surface area contributed by atoms with E-state index < -0.39 is 28.5 Å². The highest BCUT2D eigenvalue weighted by molar-refractivity contribution is 8.00. The van der Waals surface area contributed by atoms with Crippen LogP contribution in [0.2, 0.25) is 0 Å². The molecule has 0 saturated heterocycles. The molecule has 0 aliphatic carbocycles. The average molecular weight is 365 g/mol. The maximum absolute atomic E-state index is 13.6. The van der Waals surface area contributed by atoms with Gasteiger partial charge in [0.1, 0.15) is 23.1 Å². The van der Waals surface area contributed by atoms with E-state index >= 15 is 0 Å². The van der Waals surface area contributed by atoms with Crippen LogP contribution in [0.1, 0.15) is 18.1 Å². The number of halogens is 2. The summed E-state index contributed by atoms with van der Waals surface area (Å²) in [6.07, 6.45) is 0. The maximum atomic E-state index is 13.6. The van der Waals surface area contributed by atoms with E-state index in [1.807, 2.05) is 32.0 Å². The van der Waals surface area contributed by atoms with Crippen molar-refractivity contribution >= 4 is 23.4 Å². The van der Waals surface area contributed by atoms with Crippen LogP contribution >= 0.6 is 11.8 Å². The quantitative estimate of drug-likeness (QED) is 0.722. The van der Waals surface area contributed by atoms with Crippen molar-refractivity contribution in [2.45, 2.75) is 26.0 Å². The van der Waals surface area contributed by atoms with Crippen molar-refractivity contribution in [3.05, 3.63) is 59.2 Å². The lowest BCUT2D eigenvalue weighted by Gasteiger charge is -2.14. The molecule has 134 valence electrons. The van der Waals surface area contributed by atoms with Crippen LogP contribution < -0.4 is 10.1 Å². The van der Waals surface area contributed by atoms with Crippen molar-refractivity contribution in [3.8, 4) is 5.75 Å². The monoisotopic (exact) mass is 365 g/mol. The summed E-state index contributed by atoms with van der Waals surface area (Å²) in [5.41, 5.74) is 1.76. The Labute approximate surface area is 150 Å². The molecule has 0 fully saturated rings. The van der Waals surface area contributed by atoms with E-state index in [1.165, 1.54) is 17.8 Å². The van der Waals surface area contributed by atoms with Gasteiger partial charge in [0.15, 0.2) is 0 Å². The van der Waals surface area contributed by atoms with Crippen LogP contribution in [-0.4, -0.2) is 23.5 Å². The number of nitrogens with one attached hydrogen (secondary N) is 1. The number of ether oxygens (including phenoxy) is 1. The normalized spacial score (nSPS) is 11.9. The van der Waals surface area contributed by atoms with E-state index in [9.17, 15) is 13.6 Å². The number of carbonyl (C=O) groups is 1. The van der Waals surface area contributed by atoms with Gasteiger partial charge in [0, 0.05) is 5.75 Å². The van der Waals surface area contributed by atoms with Crippen LogP contribution in [0.15, 0.2) is 36.4 Å². The Morgan fingerprint density at radius 3 is 2.56 bits per heavy atom. The van der Waals surface area contributed by atoms with Crippen molar-refractivity contribution in [1.82, 2.24) is 0 Å². The van der Waals surface area contributed by atoms with Crippen molar-refractivity contribution in [2.24, 2.45) is 0 Å². The number of aryl methyl sites for hydroxylation is 2. The van der Waals surface area contributed by atoms with Gasteiger partial charge in [-0.25, -0.2) is 8.78 Å². The highest BCUT2D eigenvalue weighted by Crippen LogP contribution is 2.22. The molecule has 1 N–H and O–H groups in total. The summed E-state index contributed by atoms with van der Waals surface area (Å²) in [6.45, 7) is 6.10. The van der Waals surface area contributed by atoms with Crippen LogP contribution in [0.25, 0.3) is 0 Å². The SMILES string of the molecule is Cc1ccc(C)c(OCCSC(C)C(=O)Nc2c(F)cccc2F)c1. The number of carbonyl (C=O) groups excluding carboxylic acids is 1. The first-order chi connectivity index (χ1) is 11.9. The lowest BCUT2D eigenvalue weighted by molar-refractivity contribution is -0.115. The van der Waals surface area contributed by atoms with Gasteiger partial charge in [-0.15, -0.1) is 11.8 Å². The second-order valence-electron chi connectivity index (χ2n) is 5.72. The van der Waals surface area contributed by atoms with Crippen LogP contribution in [-0.2, 0) is 4.79 Å². The number of hydrogen-bond donors (Lipinski definition) is 1. The van der Waals surface area contributed by atoms with Gasteiger partial charge in [-0.3, -0.25) is 4.79 Å². The number of hydrogen-bond acceptors (Lipinski definition) is 3. The van der Waals surface area contributed by atoms with Gasteiger partial charge >= 0.3 is 0 Å². The number of benzene rings is 2. The van der Waals surface area contributed by atoms with E-state index in [2.05, 4.69) is 5.32 Å². The van der Waals surface area contributed by atoms with Crippen LogP contribution in [0.4, 0.5) is 14.5 Å². The molecule has 1 amide bonds. The van der Waals surface area contributed by atoms with E-state index in [0.29, 0.717) is 12.4 Å². The summed E-state index contributed by atoms with van der Waals surface area (Å²) in [7, 11) is 0. The van der Waals surface area contributed by atoms with Gasteiger partial charge in [-0.2, -0.15) is 0 Å². The van der Waals surface area contributed by atoms with Crippen LogP contribution in [0, 0.1) is 25.5 Å². The molecule has 2 aromatic carbocycles. The molecule has 0 aliphatic rings. The Kier molecular flexibility index (Phi) is 6.82. The van der Waals surface area contributed by atoms with Gasteiger partial charge in [-0.1, -0.05) is 18.2 Å². The fourth-order valence-electron chi connectivity index (χ4n) is 2.16. The minimum absolute atomic E-state index is 0.411. The highest BCUT2D eigenvalue weighted by atomic mass is 32.2. The van der Waals surface area contributed by atoms with Crippen molar-refractivity contribution in [3.63, 3.8) is 0 Å². The molecule has 2 rings (SSSR count). The number of amides is 1. The Morgan fingerprint density at radius 1 is 1.20 bits per heavy atom. The first-order valence-corrected chi connectivity index (χ1v) is 9.00. The third kappa shape index (κ3) is 5.46. The van der Waals surface area contributed by atoms with Gasteiger partial charge in [0.25, 0.3) is 0 Å². The zero-order valence-corrected chi connectivity index (χ0v) is 15.3. The molecule has 0 aliphatic heterocycles. The number of para-hydroxylation sites is 1. The summed E-state index contributed by atoms with van der Waals surface area (Å²) < 4.78 is 32.8. The third-order valence-corrected chi connectivity index (χ3v) is 4.75. The molecule has 6 heteroatoms. The van der Waals surface area contributed by atoms with Crippen molar-refractivity contribution in [2.75, 3.05) is 17.7 Å². The summed E-state index contributed by atoms with van der Waals surface area (Å²) in [5, 5.41) is 1.85. The van der Waals surface area contributed by atoms with Crippen LogP contribution in [0.5, 0.6) is 5.75 Å². The minimum atomic E-state index is -0.788. The Bertz CT molecular complexity index is 732. The number of thioether (sulfide) groups is 1. The van der Waals surface area contributed by atoms with E-state index in [4.69, 9.17) is 4.74 Å². The second-order valence-corrected chi connectivity index (χ2v) is 7.17. The topological polar surface area (TPSA) is 38.3 Å². The lowest BCUT2D eigenvalue weighted by atomic mass is 10.1. The minimum Gasteiger partial charge on any atom is -0.492 e. The highest BCUT2D eigenvalue weighted by Gasteiger charge is 2.17. The maximum Gasteiger partial charge on any atom is 0.237 e. The summed E-state index contributed by atoms with van der Waals surface area (Å²) in [4.78, 5) is 12.1. The lowest BCUT2D eigenvalue weighted by Crippen LogP contribution is -2.24. The molecule has 0 radical (unpaired) electrons. The summed E-state index contributed by atoms with van der Waals surface area (Å²) in [5.74, 6) is -0.610. The Morgan fingerprint density at radius 2 is 1.88 bits per heavy atom. The zero-order chi connectivity index (χ0) is 18.4. The van der Waals surface area contributed by atoms with Gasteiger partial charge in [0.2, 0.25) is 5.91 Å². The largest absolute Gasteiger partial charge is 0.492 e. The third-order valence-electron chi connectivity index (χ3n) is 3.63. The molecule has 0 aromatic heterocycles. The molecule has 0 heterocycles. The smallest absolute Gasteiger partial charge is 0.237 e. The molecule has 0 spiro atoms. The molecule has 1 atom stereocenters. The van der Waals surface area contributed by atoms with E-state index in [0.717, 1.165) is 29.0 Å². The second kappa shape index (κ2) is 8.85. The fraction of sp³-hybridized carbons (Fsp3) is 0.316.